The molecule has 14 N–H and O–H groups in total. The van der Waals surface area contributed by atoms with E-state index in [0.29, 0.717) is 42.4 Å². The van der Waals surface area contributed by atoms with Crippen molar-refractivity contribution < 1.29 is 114 Å². The molecule has 426 valence electrons. The van der Waals surface area contributed by atoms with E-state index in [1.165, 1.54) is 5.57 Å². The minimum atomic E-state index is -1.93. The van der Waals surface area contributed by atoms with Crippen molar-refractivity contribution in [2.24, 2.45) is 46.3 Å². The summed E-state index contributed by atoms with van der Waals surface area (Å²) in [4.78, 5) is 0. The fourth-order valence-electron chi connectivity index (χ4n) is 15.2. The van der Waals surface area contributed by atoms with Crippen LogP contribution in [-0.2, 0) is 42.6 Å². The summed E-state index contributed by atoms with van der Waals surface area (Å²) in [5.41, 5.74) is 1.44. The summed E-state index contributed by atoms with van der Waals surface area (Å²) in [6.07, 6.45) is -22.5. The normalized spacial score (nSPS) is 52.9. The molecule has 0 aromatic heterocycles. The molecular formula is C51H84O23. The quantitative estimate of drug-likeness (QED) is 0.0685. The largest absolute Gasteiger partial charge is 0.494 e. The zero-order valence-electron chi connectivity index (χ0n) is 42.7. The van der Waals surface area contributed by atoms with Gasteiger partial charge in [-0.3, -0.25) is 0 Å². The van der Waals surface area contributed by atoms with Crippen LogP contribution in [0.1, 0.15) is 91.9 Å². The average Bonchev–Trinajstić information content (AvgIpc) is 3.88. The number of rotatable bonds is 16. The molecule has 30 atom stereocenters. The molecule has 0 aromatic rings. The third-order valence-corrected chi connectivity index (χ3v) is 19.5. The fraction of sp³-hybridized carbons (Fsp3) is 0.961. The second-order valence-electron chi connectivity index (χ2n) is 23.7. The molecule has 5 heterocycles. The zero-order valence-corrected chi connectivity index (χ0v) is 42.7. The Hall–Kier alpha value is -1.34. The van der Waals surface area contributed by atoms with Crippen LogP contribution in [0.4, 0.5) is 0 Å². The lowest BCUT2D eigenvalue weighted by Crippen LogP contribution is -2.66. The van der Waals surface area contributed by atoms with E-state index in [4.69, 9.17) is 42.6 Å². The SMILES string of the molecule is CC1=C(CC[C@H](C)CO[C@@H]2O[C@H](CO)[C@@H](O)[C@H](O)[C@H]2O)O[C@H]2C[C@@H]3[C@@H]4CC[C@@H]5C[C@H](O[C@@H]6O[C@H](CO)[C@@H](O)[C@H](O)[C@@H]6O[C@@H]6O[C@H](CO)[C@@H](O[C@H]7O[C@@H](CO)[C@H](O)[C@H](O)[C@@H]7O)[C@H](O)[C@H]6O)CC[C@]5(C)[C@H]4CC[C@]3(C)[C@@H]12. The van der Waals surface area contributed by atoms with Crippen molar-refractivity contribution in [2.45, 2.75) is 227 Å². The molecule has 5 aliphatic heterocycles. The van der Waals surface area contributed by atoms with Gasteiger partial charge in [0.2, 0.25) is 0 Å². The van der Waals surface area contributed by atoms with Crippen LogP contribution in [0.2, 0.25) is 0 Å². The fourth-order valence-corrected chi connectivity index (χ4v) is 15.2. The van der Waals surface area contributed by atoms with Crippen LogP contribution in [0.15, 0.2) is 11.3 Å². The van der Waals surface area contributed by atoms with Gasteiger partial charge in [-0.15, -0.1) is 0 Å². The summed E-state index contributed by atoms with van der Waals surface area (Å²) in [5.74, 6) is 3.26. The van der Waals surface area contributed by atoms with E-state index in [1.807, 2.05) is 6.92 Å². The Kier molecular flexibility index (Phi) is 17.8. The number of aliphatic hydroxyl groups is 14. The van der Waals surface area contributed by atoms with Gasteiger partial charge in [0.25, 0.3) is 0 Å². The van der Waals surface area contributed by atoms with Gasteiger partial charge in [-0.05, 0) is 111 Å². The monoisotopic (exact) mass is 1060 g/mol. The number of aliphatic hydroxyl groups excluding tert-OH is 14. The van der Waals surface area contributed by atoms with Crippen LogP contribution in [0.3, 0.4) is 0 Å². The Morgan fingerprint density at radius 1 is 0.541 bits per heavy atom. The third-order valence-electron chi connectivity index (χ3n) is 19.5. The van der Waals surface area contributed by atoms with Crippen molar-refractivity contribution in [1.82, 2.24) is 0 Å². The van der Waals surface area contributed by atoms with Gasteiger partial charge in [-0.25, -0.2) is 0 Å². The van der Waals surface area contributed by atoms with E-state index in [0.717, 1.165) is 57.1 Å². The number of hydrogen-bond donors (Lipinski definition) is 14. The summed E-state index contributed by atoms with van der Waals surface area (Å²) in [6, 6.07) is 0. The van der Waals surface area contributed by atoms with Gasteiger partial charge in [-0.1, -0.05) is 20.8 Å². The molecule has 8 fully saturated rings. The number of allylic oxidation sites excluding steroid dienone is 1. The van der Waals surface area contributed by atoms with Crippen LogP contribution < -0.4 is 0 Å². The maximum absolute atomic E-state index is 11.4. The highest BCUT2D eigenvalue weighted by Crippen LogP contribution is 2.70. The summed E-state index contributed by atoms with van der Waals surface area (Å²) in [7, 11) is 0. The van der Waals surface area contributed by atoms with Crippen LogP contribution in [0.5, 0.6) is 0 Å². The molecule has 0 spiro atoms. The lowest BCUT2D eigenvalue weighted by molar-refractivity contribution is -0.387. The van der Waals surface area contributed by atoms with E-state index in [9.17, 15) is 71.5 Å². The van der Waals surface area contributed by atoms with Crippen molar-refractivity contribution in [2.75, 3.05) is 33.0 Å². The predicted molar refractivity (Wildman–Crippen MR) is 250 cm³/mol. The van der Waals surface area contributed by atoms with Gasteiger partial charge in [0, 0.05) is 12.3 Å². The molecule has 0 unspecified atom stereocenters. The van der Waals surface area contributed by atoms with Crippen molar-refractivity contribution in [1.29, 1.82) is 0 Å². The Labute approximate surface area is 430 Å². The molecular weight excluding hydrogens is 981 g/mol. The molecule has 23 nitrogen and oxygen atoms in total. The second kappa shape index (κ2) is 23.0. The minimum absolute atomic E-state index is 0.0307. The van der Waals surface area contributed by atoms with Crippen molar-refractivity contribution >= 4 is 0 Å². The van der Waals surface area contributed by atoms with Crippen LogP contribution >= 0.6 is 0 Å². The smallest absolute Gasteiger partial charge is 0.187 e. The van der Waals surface area contributed by atoms with E-state index in [-0.39, 0.29) is 35.6 Å². The van der Waals surface area contributed by atoms with Crippen LogP contribution in [0.25, 0.3) is 0 Å². The summed E-state index contributed by atoms with van der Waals surface area (Å²) < 4.78 is 53.9. The molecule has 9 rings (SSSR count). The molecule has 4 saturated carbocycles. The Balaban J connectivity index is 0.803. The first kappa shape index (κ1) is 57.3. The summed E-state index contributed by atoms with van der Waals surface area (Å²) in [5, 5.41) is 146. The van der Waals surface area contributed by atoms with Gasteiger partial charge in [-0.2, -0.15) is 0 Å². The molecule has 74 heavy (non-hydrogen) atoms. The number of fused-ring (bicyclic) bond motifs is 7. The molecule has 23 heteroatoms. The average molecular weight is 1070 g/mol. The first-order valence-electron chi connectivity index (χ1n) is 27.0. The Morgan fingerprint density at radius 2 is 1.07 bits per heavy atom. The number of ether oxygens (including phenoxy) is 9. The maximum Gasteiger partial charge on any atom is 0.187 e. The number of hydrogen-bond acceptors (Lipinski definition) is 23. The van der Waals surface area contributed by atoms with Crippen LogP contribution in [-0.4, -0.2) is 240 Å². The topological polar surface area (TPSA) is 366 Å². The lowest BCUT2D eigenvalue weighted by atomic mass is 9.44. The molecule has 4 saturated heterocycles. The summed E-state index contributed by atoms with van der Waals surface area (Å²) >= 11 is 0. The van der Waals surface area contributed by atoms with E-state index >= 15 is 0 Å². The van der Waals surface area contributed by atoms with E-state index in [1.54, 1.807) is 0 Å². The van der Waals surface area contributed by atoms with Gasteiger partial charge in [0.1, 0.15) is 104 Å². The third kappa shape index (κ3) is 10.4. The van der Waals surface area contributed by atoms with Gasteiger partial charge >= 0.3 is 0 Å². The van der Waals surface area contributed by atoms with Gasteiger partial charge in [0.15, 0.2) is 25.2 Å². The Morgan fingerprint density at radius 3 is 1.70 bits per heavy atom. The van der Waals surface area contributed by atoms with Crippen LogP contribution in [0, 0.1) is 46.3 Å². The molecule has 9 aliphatic rings. The molecule has 0 radical (unpaired) electrons. The predicted octanol–water partition coefficient (Wildman–Crippen LogP) is -3.01. The molecule has 0 amide bonds. The van der Waals surface area contributed by atoms with Crippen molar-refractivity contribution in [3.63, 3.8) is 0 Å². The van der Waals surface area contributed by atoms with Gasteiger partial charge < -0.3 is 114 Å². The maximum atomic E-state index is 11.4. The highest BCUT2D eigenvalue weighted by atomic mass is 16.8. The standard InChI is InChI=1S/C51H84O23/c1-20(19-66-46-41(63)37(59)34(56)29(15-52)69-46)5-8-27-21(2)33-28(68-27)14-26-24-7-6-22-13-23(9-11-50(22,3)25(24)10-12-51(26,33)4)67-49-45(39(61)36(58)31(17-54)71-49)74-48-43(65)40(62)44(32(18-55)72-48)73-47-42(64)38(60)35(57)30(16-53)70-47/h20,22-26,28-49,52-65H,5-19H2,1-4H3/t20-,22+,23+,24+,25-,26+,28-,29+,30-,31+,32+,33-,34+,35-,36+,37-,38-,39-,40+,41+,42-,43+,44+,45-,46+,47+,48-,49+,50-,51-/m0/s1. The first-order valence-corrected chi connectivity index (χ1v) is 27.0. The lowest BCUT2D eigenvalue weighted by Gasteiger charge is -2.61. The minimum Gasteiger partial charge on any atom is -0.494 e. The highest BCUT2D eigenvalue weighted by Gasteiger charge is 2.65. The Bertz CT molecular complexity index is 1890. The van der Waals surface area contributed by atoms with E-state index < -0.39 is 149 Å². The highest BCUT2D eigenvalue weighted by molar-refractivity contribution is 5.27. The zero-order chi connectivity index (χ0) is 53.3. The van der Waals surface area contributed by atoms with Crippen molar-refractivity contribution in [3.05, 3.63) is 11.3 Å². The van der Waals surface area contributed by atoms with E-state index in [2.05, 4.69) is 20.8 Å². The van der Waals surface area contributed by atoms with Crippen molar-refractivity contribution in [3.8, 4) is 0 Å². The molecule has 0 bridgehead atoms. The van der Waals surface area contributed by atoms with Gasteiger partial charge in [0.05, 0.1) is 44.9 Å². The molecule has 4 aliphatic carbocycles. The first-order chi connectivity index (χ1) is 35.2. The summed E-state index contributed by atoms with van der Waals surface area (Å²) in [6.45, 7) is 6.66. The molecule has 0 aromatic carbocycles. The second-order valence-corrected chi connectivity index (χ2v) is 23.7.